The van der Waals surface area contributed by atoms with Crippen LogP contribution in [0.2, 0.25) is 0 Å². The average molecular weight is 195 g/mol. The van der Waals surface area contributed by atoms with Crippen molar-refractivity contribution in [2.45, 2.75) is 0 Å². The molecule has 3 nitrogen and oxygen atoms in total. The van der Waals surface area contributed by atoms with Crippen LogP contribution in [0.15, 0.2) is 12.8 Å². The molecule has 1 N–H and O–H groups in total. The summed E-state index contributed by atoms with van der Waals surface area (Å²) in [5, 5.41) is 0. The summed E-state index contributed by atoms with van der Waals surface area (Å²) in [6.45, 7) is 3.07. The maximum absolute atomic E-state index is 9.59. The zero-order chi connectivity index (χ0) is 4.99. The predicted octanol–water partition coefficient (Wildman–Crippen LogP) is -0.446. The summed E-state index contributed by atoms with van der Waals surface area (Å²) < 4.78 is 21.5. The molecule has 0 aromatic rings. The van der Waals surface area contributed by atoms with E-state index in [1.807, 2.05) is 0 Å². The van der Waals surface area contributed by atoms with Gasteiger partial charge in [0.1, 0.15) is 0 Å². The van der Waals surface area contributed by atoms with Gasteiger partial charge in [-0.3, -0.25) is 0 Å². The molecule has 0 bridgehead atoms. The van der Waals surface area contributed by atoms with Crippen molar-refractivity contribution in [2.75, 3.05) is 0 Å². The Morgan fingerprint density at radius 2 is 2.50 bits per heavy atom. The van der Waals surface area contributed by atoms with Gasteiger partial charge in [0.25, 0.3) is 0 Å². The average Bonchev–Trinajstić information content (AvgIpc) is 1.35. The van der Waals surface area contributed by atoms with Gasteiger partial charge in [-0.1, -0.05) is 0 Å². The van der Waals surface area contributed by atoms with E-state index in [1.54, 1.807) is 0 Å². The zero-order valence-corrected chi connectivity index (χ0v) is 5.90. The van der Waals surface area contributed by atoms with Crippen molar-refractivity contribution < 1.29 is 9.59 Å². The van der Waals surface area contributed by atoms with E-state index in [4.69, 9.17) is 3.44 Å². The van der Waals surface area contributed by atoms with Gasteiger partial charge in [0.15, 0.2) is 0 Å². The van der Waals surface area contributed by atoms with Crippen LogP contribution in [0.3, 0.4) is 0 Å². The summed E-state index contributed by atoms with van der Waals surface area (Å²) >= 11 is -3.48. The summed E-state index contributed by atoms with van der Waals surface area (Å²) in [5.41, 5.74) is 0. The molecule has 34 valence electrons. The van der Waals surface area contributed by atoms with Crippen molar-refractivity contribution in [1.82, 2.24) is 0 Å². The van der Waals surface area contributed by atoms with Crippen molar-refractivity contribution in [2.24, 2.45) is 0 Å². The molecular weight excluding hydrogens is 191 g/mol. The second-order valence-corrected chi connectivity index (χ2v) is 2.74. The molecular formula is C2H4O3Sn. The van der Waals surface area contributed by atoms with Crippen molar-refractivity contribution in [3.8, 4) is 0 Å². The van der Waals surface area contributed by atoms with E-state index >= 15 is 0 Å². The fourth-order valence-electron chi connectivity index (χ4n) is 0.0713. The van der Waals surface area contributed by atoms with Crippen LogP contribution in [-0.2, 0) is 6.15 Å². The van der Waals surface area contributed by atoms with Crippen LogP contribution in [0.4, 0.5) is 0 Å². The minimum absolute atomic E-state index is 0.974. The van der Waals surface area contributed by atoms with Gasteiger partial charge in [-0.15, -0.1) is 0 Å². The van der Waals surface area contributed by atoms with Crippen molar-refractivity contribution in [1.29, 1.82) is 0 Å². The predicted molar refractivity (Wildman–Crippen MR) is 19.9 cm³/mol. The molecule has 0 atom stereocenters. The molecule has 0 amide bonds. The molecule has 6 heavy (non-hydrogen) atoms. The summed E-state index contributed by atoms with van der Waals surface area (Å²) in [7, 11) is 0. The quantitative estimate of drug-likeness (QED) is 0.479. The first kappa shape index (κ1) is 6.10. The molecule has 0 saturated heterocycles. The third-order valence-electron chi connectivity index (χ3n) is 0.184. The second kappa shape index (κ2) is 3.29. The molecule has 0 unspecified atom stereocenters. The van der Waals surface area contributed by atoms with Gasteiger partial charge in [0, 0.05) is 0 Å². The summed E-state index contributed by atoms with van der Waals surface area (Å²) in [6.07, 6.45) is 0.974. The Kier molecular flexibility index (Phi) is 3.35. The summed E-state index contributed by atoms with van der Waals surface area (Å²) in [4.78, 5) is 0. The first-order chi connectivity index (χ1) is 2.77. The molecule has 0 spiro atoms. The Balaban J connectivity index is 3.05. The molecule has 0 fully saturated rings. The maximum atomic E-state index is 9.59. The van der Waals surface area contributed by atoms with E-state index in [1.165, 1.54) is 0 Å². The van der Waals surface area contributed by atoms with E-state index < -0.39 is 20.6 Å². The Hall–Kier alpha value is 0.0987. The fourth-order valence-corrected chi connectivity index (χ4v) is 0.478. The van der Waals surface area contributed by atoms with Crippen LogP contribution >= 0.6 is 0 Å². The Morgan fingerprint density at radius 1 is 2.00 bits per heavy atom. The molecule has 0 saturated carbocycles. The van der Waals surface area contributed by atoms with E-state index in [2.05, 4.69) is 9.65 Å². The van der Waals surface area contributed by atoms with Crippen LogP contribution in [0.5, 0.6) is 0 Å². The third-order valence-corrected chi connectivity index (χ3v) is 1.24. The second-order valence-electron chi connectivity index (χ2n) is 0.550. The number of hydrogen-bond donors (Lipinski definition) is 1. The van der Waals surface area contributed by atoms with Crippen molar-refractivity contribution >= 4 is 20.6 Å². The molecule has 0 radical (unpaired) electrons. The molecule has 4 heteroatoms. The van der Waals surface area contributed by atoms with E-state index in [0.29, 0.717) is 0 Å². The molecule has 0 aromatic heterocycles. The Morgan fingerprint density at radius 3 is 2.50 bits per heavy atom. The van der Waals surface area contributed by atoms with Gasteiger partial charge >= 0.3 is 43.0 Å². The van der Waals surface area contributed by atoms with Gasteiger partial charge in [-0.05, 0) is 0 Å². The molecule has 0 aliphatic carbocycles. The third kappa shape index (κ3) is 4.10. The van der Waals surface area contributed by atoms with Crippen LogP contribution in [-0.4, -0.2) is 24.0 Å². The van der Waals surface area contributed by atoms with Crippen molar-refractivity contribution in [3.05, 3.63) is 12.8 Å². The number of rotatable bonds is 2. The van der Waals surface area contributed by atoms with E-state index in [-0.39, 0.29) is 0 Å². The molecule has 0 aromatic carbocycles. The monoisotopic (exact) mass is 196 g/mol. The van der Waals surface area contributed by atoms with Crippen molar-refractivity contribution in [3.63, 3.8) is 0 Å². The molecule has 0 heterocycles. The van der Waals surface area contributed by atoms with Gasteiger partial charge in [0.05, 0.1) is 0 Å². The van der Waals surface area contributed by atoms with Gasteiger partial charge < -0.3 is 0 Å². The SMILES string of the molecule is C=C[O][Sn](=[O])[OH]. The minimum atomic E-state index is -3.48. The number of hydrogen-bond acceptors (Lipinski definition) is 2. The van der Waals surface area contributed by atoms with Crippen LogP contribution in [0, 0.1) is 0 Å². The summed E-state index contributed by atoms with van der Waals surface area (Å²) in [5.74, 6) is 0. The molecule has 0 rings (SSSR count). The van der Waals surface area contributed by atoms with Gasteiger partial charge in [-0.2, -0.15) is 0 Å². The van der Waals surface area contributed by atoms with Crippen LogP contribution in [0.25, 0.3) is 0 Å². The van der Waals surface area contributed by atoms with Crippen LogP contribution in [0.1, 0.15) is 0 Å². The Bertz CT molecular complexity index is 69.2. The van der Waals surface area contributed by atoms with E-state index in [0.717, 1.165) is 6.26 Å². The molecule has 0 aliphatic heterocycles. The van der Waals surface area contributed by atoms with Gasteiger partial charge in [-0.25, -0.2) is 0 Å². The fraction of sp³-hybridized carbons (Fsp3) is 0. The normalized spacial score (nSPS) is 6.83. The molecule has 0 aliphatic rings. The zero-order valence-electron chi connectivity index (χ0n) is 3.05. The first-order valence-corrected chi connectivity index (χ1v) is 4.88. The summed E-state index contributed by atoms with van der Waals surface area (Å²) in [6, 6.07) is 0. The first-order valence-electron chi connectivity index (χ1n) is 1.28. The van der Waals surface area contributed by atoms with Gasteiger partial charge in [0.2, 0.25) is 0 Å². The van der Waals surface area contributed by atoms with E-state index in [9.17, 15) is 3.08 Å². The standard InChI is InChI=1S/C2H4O.H2O.O.Sn/c1-2-3;;;/h2-3H,1H2;1H2;;/q;;;+2/p-2. The Labute approximate surface area is 43.5 Å². The topological polar surface area (TPSA) is 46.5 Å². The van der Waals surface area contributed by atoms with Crippen LogP contribution < -0.4 is 0 Å².